The fraction of sp³-hybridized carbons (Fsp3) is 0.500. The van der Waals surface area contributed by atoms with Crippen LogP contribution in [0, 0.1) is 0 Å². The van der Waals surface area contributed by atoms with Gasteiger partial charge in [-0.1, -0.05) is 25.0 Å². The van der Waals surface area contributed by atoms with E-state index < -0.39 is 22.2 Å². The molecular formula is C32H40N2O8. The van der Waals surface area contributed by atoms with Crippen LogP contribution >= 0.6 is 0 Å². The van der Waals surface area contributed by atoms with E-state index in [9.17, 15) is 28.8 Å². The molecule has 0 saturated carbocycles. The molecule has 0 saturated heterocycles. The molecule has 0 bridgehead atoms. The fourth-order valence-electron chi connectivity index (χ4n) is 4.88. The quantitative estimate of drug-likeness (QED) is 0.111. The molecule has 10 nitrogen and oxygen atoms in total. The molecule has 3 rings (SSSR count). The molecule has 0 fully saturated rings. The van der Waals surface area contributed by atoms with E-state index in [1.54, 1.807) is 12.2 Å². The molecule has 0 aliphatic rings. The van der Waals surface area contributed by atoms with Crippen molar-refractivity contribution in [2.45, 2.75) is 90.1 Å². The van der Waals surface area contributed by atoms with Crippen molar-refractivity contribution in [3.8, 4) is 0 Å². The van der Waals surface area contributed by atoms with Crippen molar-refractivity contribution < 1.29 is 19.1 Å². The maximum Gasteiger partial charge on any atom is 0.305 e. The molecule has 0 spiro atoms. The summed E-state index contributed by atoms with van der Waals surface area (Å²) >= 11 is 0. The van der Waals surface area contributed by atoms with E-state index in [1.165, 1.54) is 12.1 Å². The van der Waals surface area contributed by atoms with Crippen molar-refractivity contribution in [3.05, 3.63) is 78.9 Å². The van der Waals surface area contributed by atoms with E-state index >= 15 is 0 Å². The van der Waals surface area contributed by atoms with Crippen LogP contribution in [0.5, 0.6) is 0 Å². The predicted octanol–water partition coefficient (Wildman–Crippen LogP) is 4.05. The SMILES string of the molecule is C=CCCCOC(=O)CCCCCn1c(=O)c2cc3c(=O)n(CCCCCC(=O)OCCCC=C)c(=O)c3cc2c1=O. The zero-order valence-corrected chi connectivity index (χ0v) is 24.2. The van der Waals surface area contributed by atoms with Gasteiger partial charge in [0.15, 0.2) is 0 Å². The summed E-state index contributed by atoms with van der Waals surface area (Å²) in [5.41, 5.74) is -1.96. The van der Waals surface area contributed by atoms with Crippen molar-refractivity contribution in [1.82, 2.24) is 9.13 Å². The van der Waals surface area contributed by atoms with Crippen molar-refractivity contribution in [3.63, 3.8) is 0 Å². The van der Waals surface area contributed by atoms with Crippen LogP contribution in [0.3, 0.4) is 0 Å². The molecule has 10 heteroatoms. The molecule has 0 aliphatic carbocycles. The lowest BCUT2D eigenvalue weighted by Crippen LogP contribution is -2.26. The average molecular weight is 581 g/mol. The number of nitrogens with zero attached hydrogens (tertiary/aromatic N) is 2. The Morgan fingerprint density at radius 3 is 1.26 bits per heavy atom. The minimum absolute atomic E-state index is 0.122. The summed E-state index contributed by atoms with van der Waals surface area (Å²) in [6, 6.07) is 2.71. The molecule has 2 heterocycles. The Labute approximate surface area is 243 Å². The number of esters is 2. The summed E-state index contributed by atoms with van der Waals surface area (Å²) in [4.78, 5) is 75.5. The van der Waals surface area contributed by atoms with Crippen LogP contribution in [-0.2, 0) is 32.2 Å². The van der Waals surface area contributed by atoms with Gasteiger partial charge in [-0.2, -0.15) is 0 Å². The number of carbonyl (C=O) groups excluding carboxylic acids is 2. The van der Waals surface area contributed by atoms with Crippen LogP contribution in [0.2, 0.25) is 0 Å². The largest absolute Gasteiger partial charge is 0.466 e. The molecule has 1 aromatic carbocycles. The first-order valence-electron chi connectivity index (χ1n) is 14.7. The third kappa shape index (κ3) is 8.47. The number of ether oxygens (including phenoxy) is 2. The van der Waals surface area contributed by atoms with Crippen molar-refractivity contribution >= 4 is 33.5 Å². The van der Waals surface area contributed by atoms with Gasteiger partial charge in [0, 0.05) is 25.9 Å². The lowest BCUT2D eigenvalue weighted by molar-refractivity contribution is -0.144. The van der Waals surface area contributed by atoms with Crippen LogP contribution in [0.15, 0.2) is 56.6 Å². The van der Waals surface area contributed by atoms with E-state index in [0.29, 0.717) is 51.7 Å². The van der Waals surface area contributed by atoms with Crippen LogP contribution in [0.4, 0.5) is 0 Å². The summed E-state index contributed by atoms with van der Waals surface area (Å²) in [6.07, 6.45) is 10.6. The summed E-state index contributed by atoms with van der Waals surface area (Å²) in [5, 5.41) is 0.487. The van der Waals surface area contributed by atoms with Crippen LogP contribution in [0.25, 0.3) is 21.5 Å². The van der Waals surface area contributed by atoms with Gasteiger partial charge >= 0.3 is 11.9 Å². The van der Waals surface area contributed by atoms with Crippen LogP contribution in [-0.4, -0.2) is 34.3 Å². The van der Waals surface area contributed by atoms with E-state index in [1.807, 2.05) is 0 Å². The zero-order chi connectivity index (χ0) is 30.5. The zero-order valence-electron chi connectivity index (χ0n) is 24.2. The highest BCUT2D eigenvalue weighted by Crippen LogP contribution is 2.15. The normalized spacial score (nSPS) is 11.2. The Hall–Kier alpha value is -4.08. The number of unbranched alkanes of at least 4 members (excludes halogenated alkanes) is 6. The highest BCUT2D eigenvalue weighted by molar-refractivity contribution is 5.97. The summed E-state index contributed by atoms with van der Waals surface area (Å²) in [7, 11) is 0. The van der Waals surface area contributed by atoms with E-state index in [-0.39, 0.29) is 59.4 Å². The standard InChI is InChI=1S/C32H40N2O8/c1-3-5-13-19-41-27(35)15-9-7-11-17-33-29(37)23-21-25-26(22-24(23)30(33)38)32(40)34(31(25)39)18-12-8-10-16-28(36)42-20-14-6-4-2/h3-4,21-22H,1-2,5-20H2. The highest BCUT2D eigenvalue weighted by Gasteiger charge is 2.19. The van der Waals surface area contributed by atoms with E-state index in [2.05, 4.69) is 13.2 Å². The van der Waals surface area contributed by atoms with Gasteiger partial charge in [-0.3, -0.25) is 37.9 Å². The lowest BCUT2D eigenvalue weighted by atomic mass is 10.1. The van der Waals surface area contributed by atoms with E-state index in [4.69, 9.17) is 9.47 Å². The minimum Gasteiger partial charge on any atom is -0.466 e. The number of aromatic nitrogens is 2. The third-order valence-electron chi connectivity index (χ3n) is 7.22. The van der Waals surface area contributed by atoms with Crippen molar-refractivity contribution in [1.29, 1.82) is 0 Å². The number of benzene rings is 1. The smallest absolute Gasteiger partial charge is 0.305 e. The van der Waals surface area contributed by atoms with Gasteiger partial charge in [0.05, 0.1) is 34.8 Å². The monoisotopic (exact) mass is 580 g/mol. The van der Waals surface area contributed by atoms with E-state index in [0.717, 1.165) is 34.8 Å². The molecule has 0 N–H and O–H groups in total. The van der Waals surface area contributed by atoms with Gasteiger partial charge in [-0.15, -0.1) is 13.2 Å². The highest BCUT2D eigenvalue weighted by atomic mass is 16.5. The Morgan fingerprint density at radius 1 is 0.571 bits per heavy atom. The lowest BCUT2D eigenvalue weighted by Gasteiger charge is -2.04. The second-order valence-electron chi connectivity index (χ2n) is 10.4. The second kappa shape index (κ2) is 16.4. The maximum atomic E-state index is 13.0. The van der Waals surface area contributed by atoms with Crippen molar-refractivity contribution in [2.24, 2.45) is 0 Å². The molecule has 0 aliphatic heterocycles. The first kappa shape index (κ1) is 32.4. The number of fused-ring (bicyclic) bond motifs is 2. The number of carbonyl (C=O) groups is 2. The first-order chi connectivity index (χ1) is 20.3. The molecule has 2 aromatic heterocycles. The van der Waals surface area contributed by atoms with Gasteiger partial charge in [0.2, 0.25) is 0 Å². The second-order valence-corrected chi connectivity index (χ2v) is 10.4. The van der Waals surface area contributed by atoms with Gasteiger partial charge < -0.3 is 9.47 Å². The summed E-state index contributed by atoms with van der Waals surface area (Å²) < 4.78 is 12.5. The minimum atomic E-state index is -0.491. The Kier molecular flexibility index (Phi) is 12.7. The molecule has 0 amide bonds. The Balaban J connectivity index is 1.56. The van der Waals surface area contributed by atoms with Crippen LogP contribution in [0.1, 0.15) is 77.0 Å². The molecule has 3 aromatic rings. The van der Waals surface area contributed by atoms with Gasteiger partial charge in [-0.05, 0) is 63.5 Å². The van der Waals surface area contributed by atoms with Crippen molar-refractivity contribution in [2.75, 3.05) is 13.2 Å². The third-order valence-corrected chi connectivity index (χ3v) is 7.22. The molecule has 42 heavy (non-hydrogen) atoms. The predicted molar refractivity (Wildman–Crippen MR) is 163 cm³/mol. The Bertz CT molecular complexity index is 1410. The van der Waals surface area contributed by atoms with Gasteiger partial charge in [0.1, 0.15) is 0 Å². The summed E-state index contributed by atoms with van der Waals surface area (Å²) in [5.74, 6) is -0.541. The average Bonchev–Trinajstić information content (AvgIpc) is 3.35. The fourth-order valence-corrected chi connectivity index (χ4v) is 4.88. The topological polar surface area (TPSA) is 131 Å². The summed E-state index contributed by atoms with van der Waals surface area (Å²) in [6.45, 7) is 8.33. The molecule has 226 valence electrons. The number of hydrogen-bond donors (Lipinski definition) is 0. The molecule has 0 atom stereocenters. The first-order valence-corrected chi connectivity index (χ1v) is 14.7. The Morgan fingerprint density at radius 2 is 0.929 bits per heavy atom. The number of rotatable bonds is 20. The molecule has 0 unspecified atom stereocenters. The number of allylic oxidation sites excluding steroid dienone is 2. The van der Waals surface area contributed by atoms with Gasteiger partial charge in [-0.25, -0.2) is 0 Å². The molecular weight excluding hydrogens is 540 g/mol. The maximum absolute atomic E-state index is 13.0. The molecule has 0 radical (unpaired) electrons. The van der Waals surface area contributed by atoms with Crippen LogP contribution < -0.4 is 22.2 Å². The van der Waals surface area contributed by atoms with Gasteiger partial charge in [0.25, 0.3) is 22.2 Å². The number of hydrogen-bond acceptors (Lipinski definition) is 8.